The maximum absolute atomic E-state index is 5.77. The molecule has 0 radical (unpaired) electrons. The standard InChI is InChI=1S/C13H12N4/c1-17-8-13-12(16-17)6-5-11(15-13)9-3-2-4-10(14)7-9/h2-8H,14H2,1H3. The van der Waals surface area contributed by atoms with Crippen LogP contribution in [-0.2, 0) is 7.05 Å². The zero-order valence-electron chi connectivity index (χ0n) is 9.46. The summed E-state index contributed by atoms with van der Waals surface area (Å²) in [6.07, 6.45) is 1.91. The Balaban J connectivity index is 2.17. The highest BCUT2D eigenvalue weighted by atomic mass is 15.3. The second kappa shape index (κ2) is 3.59. The third-order valence-corrected chi connectivity index (χ3v) is 2.66. The Hall–Kier alpha value is -2.36. The van der Waals surface area contributed by atoms with Gasteiger partial charge in [-0.3, -0.25) is 4.68 Å². The summed E-state index contributed by atoms with van der Waals surface area (Å²) in [5.41, 5.74) is 10.3. The van der Waals surface area contributed by atoms with Crippen LogP contribution >= 0.6 is 0 Å². The zero-order chi connectivity index (χ0) is 11.8. The SMILES string of the molecule is Cn1cc2nc(-c3cccc(N)c3)ccc2n1. The number of hydrogen-bond acceptors (Lipinski definition) is 3. The molecule has 1 aromatic carbocycles. The predicted octanol–water partition coefficient (Wildman–Crippen LogP) is 2.22. The Bertz CT molecular complexity index is 685. The van der Waals surface area contributed by atoms with E-state index in [1.54, 1.807) is 4.68 Å². The minimum atomic E-state index is 0.746. The van der Waals surface area contributed by atoms with Crippen molar-refractivity contribution < 1.29 is 0 Å². The van der Waals surface area contributed by atoms with Gasteiger partial charge in [-0.2, -0.15) is 5.10 Å². The Morgan fingerprint density at radius 2 is 2.00 bits per heavy atom. The number of aryl methyl sites for hydroxylation is 1. The summed E-state index contributed by atoms with van der Waals surface area (Å²) >= 11 is 0. The van der Waals surface area contributed by atoms with Crippen LogP contribution in [0, 0.1) is 0 Å². The largest absolute Gasteiger partial charge is 0.399 e. The molecule has 0 fully saturated rings. The van der Waals surface area contributed by atoms with E-state index in [0.717, 1.165) is 28.0 Å². The smallest absolute Gasteiger partial charge is 0.111 e. The molecule has 0 aliphatic carbocycles. The van der Waals surface area contributed by atoms with Crippen molar-refractivity contribution in [3.8, 4) is 11.3 Å². The summed E-state index contributed by atoms with van der Waals surface area (Å²) < 4.78 is 1.76. The molecule has 0 amide bonds. The second-order valence-corrected chi connectivity index (χ2v) is 4.03. The van der Waals surface area contributed by atoms with Gasteiger partial charge in [-0.05, 0) is 24.3 Å². The molecular weight excluding hydrogens is 212 g/mol. The van der Waals surface area contributed by atoms with Crippen LogP contribution < -0.4 is 5.73 Å². The number of aromatic nitrogens is 3. The maximum atomic E-state index is 5.77. The summed E-state index contributed by atoms with van der Waals surface area (Å²) in [6, 6.07) is 11.7. The number of benzene rings is 1. The van der Waals surface area contributed by atoms with Crippen LogP contribution in [0.25, 0.3) is 22.3 Å². The quantitative estimate of drug-likeness (QED) is 0.645. The number of fused-ring (bicyclic) bond motifs is 1. The third-order valence-electron chi connectivity index (χ3n) is 2.66. The average Bonchev–Trinajstić information content (AvgIpc) is 2.68. The molecule has 4 heteroatoms. The van der Waals surface area contributed by atoms with E-state index in [9.17, 15) is 0 Å². The highest BCUT2D eigenvalue weighted by molar-refractivity contribution is 5.78. The molecule has 0 saturated carbocycles. The number of nitrogens with two attached hydrogens (primary N) is 1. The molecule has 2 heterocycles. The van der Waals surface area contributed by atoms with E-state index < -0.39 is 0 Å². The number of hydrogen-bond donors (Lipinski definition) is 1. The molecule has 0 atom stereocenters. The van der Waals surface area contributed by atoms with E-state index in [2.05, 4.69) is 10.1 Å². The van der Waals surface area contributed by atoms with E-state index in [1.807, 2.05) is 49.6 Å². The predicted molar refractivity (Wildman–Crippen MR) is 68.4 cm³/mol. The monoisotopic (exact) mass is 224 g/mol. The lowest BCUT2D eigenvalue weighted by Crippen LogP contribution is -1.87. The molecule has 2 aromatic heterocycles. The van der Waals surface area contributed by atoms with E-state index in [0.29, 0.717) is 0 Å². The van der Waals surface area contributed by atoms with Gasteiger partial charge in [-0.25, -0.2) is 4.98 Å². The van der Waals surface area contributed by atoms with Gasteiger partial charge < -0.3 is 5.73 Å². The Morgan fingerprint density at radius 3 is 2.82 bits per heavy atom. The van der Waals surface area contributed by atoms with Gasteiger partial charge in [0.25, 0.3) is 0 Å². The van der Waals surface area contributed by atoms with Crippen molar-refractivity contribution in [2.24, 2.45) is 7.05 Å². The Kier molecular flexibility index (Phi) is 2.08. The summed E-state index contributed by atoms with van der Waals surface area (Å²) in [4.78, 5) is 4.57. The van der Waals surface area contributed by atoms with Crippen molar-refractivity contribution in [3.05, 3.63) is 42.6 Å². The van der Waals surface area contributed by atoms with Gasteiger partial charge in [0, 0.05) is 18.3 Å². The van der Waals surface area contributed by atoms with E-state index in [-0.39, 0.29) is 0 Å². The van der Waals surface area contributed by atoms with Gasteiger partial charge in [0.1, 0.15) is 11.0 Å². The number of pyridine rings is 1. The van der Waals surface area contributed by atoms with Crippen molar-refractivity contribution in [3.63, 3.8) is 0 Å². The lowest BCUT2D eigenvalue weighted by atomic mass is 10.1. The molecule has 3 aromatic rings. The second-order valence-electron chi connectivity index (χ2n) is 4.03. The van der Waals surface area contributed by atoms with Crippen molar-refractivity contribution in [2.45, 2.75) is 0 Å². The third kappa shape index (κ3) is 1.73. The lowest BCUT2D eigenvalue weighted by molar-refractivity contribution is 0.779. The molecular formula is C13H12N4. The molecule has 4 nitrogen and oxygen atoms in total. The van der Waals surface area contributed by atoms with Crippen molar-refractivity contribution in [1.29, 1.82) is 0 Å². The first-order valence-electron chi connectivity index (χ1n) is 5.39. The van der Waals surface area contributed by atoms with Gasteiger partial charge in [-0.1, -0.05) is 12.1 Å². The molecule has 0 unspecified atom stereocenters. The first-order valence-corrected chi connectivity index (χ1v) is 5.39. The van der Waals surface area contributed by atoms with Crippen LogP contribution in [0.4, 0.5) is 5.69 Å². The molecule has 3 rings (SSSR count). The van der Waals surface area contributed by atoms with E-state index in [1.165, 1.54) is 0 Å². The summed E-state index contributed by atoms with van der Waals surface area (Å²) in [7, 11) is 1.89. The Labute approximate surface area is 98.7 Å². The van der Waals surface area contributed by atoms with E-state index >= 15 is 0 Å². The normalized spacial score (nSPS) is 10.9. The van der Waals surface area contributed by atoms with Gasteiger partial charge >= 0.3 is 0 Å². The van der Waals surface area contributed by atoms with E-state index in [4.69, 9.17) is 5.73 Å². The molecule has 0 bridgehead atoms. The summed E-state index contributed by atoms with van der Waals surface area (Å²) in [6.45, 7) is 0. The van der Waals surface area contributed by atoms with Crippen molar-refractivity contribution >= 4 is 16.7 Å². The molecule has 0 aliphatic heterocycles. The molecule has 0 aliphatic rings. The number of rotatable bonds is 1. The first-order chi connectivity index (χ1) is 8.22. The summed E-state index contributed by atoms with van der Waals surface area (Å²) in [5.74, 6) is 0. The Morgan fingerprint density at radius 1 is 1.12 bits per heavy atom. The fourth-order valence-corrected chi connectivity index (χ4v) is 1.88. The fraction of sp³-hybridized carbons (Fsp3) is 0.0769. The molecule has 17 heavy (non-hydrogen) atoms. The highest BCUT2D eigenvalue weighted by Crippen LogP contribution is 2.21. The van der Waals surface area contributed by atoms with Crippen LogP contribution in [-0.4, -0.2) is 14.8 Å². The number of nitrogen functional groups attached to an aromatic ring is 1. The van der Waals surface area contributed by atoms with Crippen LogP contribution in [0.2, 0.25) is 0 Å². The van der Waals surface area contributed by atoms with Gasteiger partial charge in [0.2, 0.25) is 0 Å². The van der Waals surface area contributed by atoms with Crippen LogP contribution in [0.1, 0.15) is 0 Å². The van der Waals surface area contributed by atoms with Crippen molar-refractivity contribution in [2.75, 3.05) is 5.73 Å². The number of nitrogens with zero attached hydrogens (tertiary/aromatic N) is 3. The van der Waals surface area contributed by atoms with Crippen LogP contribution in [0.5, 0.6) is 0 Å². The highest BCUT2D eigenvalue weighted by Gasteiger charge is 2.04. The first kappa shape index (κ1) is 9.84. The number of anilines is 1. The van der Waals surface area contributed by atoms with Gasteiger partial charge in [0.15, 0.2) is 0 Å². The van der Waals surface area contributed by atoms with Gasteiger partial charge in [-0.15, -0.1) is 0 Å². The average molecular weight is 224 g/mol. The lowest BCUT2D eigenvalue weighted by Gasteiger charge is -2.01. The molecule has 0 spiro atoms. The summed E-state index contributed by atoms with van der Waals surface area (Å²) in [5, 5.41) is 4.29. The maximum Gasteiger partial charge on any atom is 0.111 e. The van der Waals surface area contributed by atoms with Crippen LogP contribution in [0.3, 0.4) is 0 Å². The van der Waals surface area contributed by atoms with Crippen molar-refractivity contribution in [1.82, 2.24) is 14.8 Å². The molecule has 0 saturated heterocycles. The zero-order valence-corrected chi connectivity index (χ0v) is 9.46. The topological polar surface area (TPSA) is 56.7 Å². The van der Waals surface area contributed by atoms with Crippen LogP contribution in [0.15, 0.2) is 42.6 Å². The van der Waals surface area contributed by atoms with Gasteiger partial charge in [0.05, 0.1) is 11.9 Å². The molecule has 2 N–H and O–H groups in total. The minimum absolute atomic E-state index is 0.746. The fourth-order valence-electron chi connectivity index (χ4n) is 1.88. The minimum Gasteiger partial charge on any atom is -0.399 e. The molecule has 84 valence electrons.